The van der Waals surface area contributed by atoms with Crippen LogP contribution in [0.1, 0.15) is 44.6 Å². The van der Waals surface area contributed by atoms with E-state index in [-0.39, 0.29) is 20.1 Å². The number of benzene rings is 3. The van der Waals surface area contributed by atoms with Crippen molar-refractivity contribution >= 4 is 35.2 Å². The molecule has 0 saturated heterocycles. The van der Waals surface area contributed by atoms with E-state index in [1.807, 2.05) is 54.7 Å². The third-order valence-corrected chi connectivity index (χ3v) is 10.6. The molecular weight excluding hydrogens is 733 g/mol. The van der Waals surface area contributed by atoms with Gasteiger partial charge in [-0.25, -0.2) is 0 Å². The van der Waals surface area contributed by atoms with Crippen LogP contribution in [-0.4, -0.2) is 18.0 Å². The summed E-state index contributed by atoms with van der Waals surface area (Å²) in [5.74, 6) is 2.19. The van der Waals surface area contributed by atoms with Crippen LogP contribution in [0.25, 0.3) is 44.5 Å². The van der Waals surface area contributed by atoms with Crippen molar-refractivity contribution in [2.75, 3.05) is 0 Å². The van der Waals surface area contributed by atoms with Crippen LogP contribution in [0.15, 0.2) is 102 Å². The zero-order chi connectivity index (χ0) is 30.0. The van der Waals surface area contributed by atoms with Crippen LogP contribution in [0.2, 0.25) is 19.6 Å². The van der Waals surface area contributed by atoms with E-state index in [1.165, 1.54) is 40.8 Å². The van der Waals surface area contributed by atoms with E-state index in [9.17, 15) is 0 Å². The Labute approximate surface area is 276 Å². The first kappa shape index (κ1) is 32.0. The van der Waals surface area contributed by atoms with E-state index in [0.29, 0.717) is 5.92 Å². The number of hydrogen-bond acceptors (Lipinski definition) is 3. The maximum atomic E-state index is 6.44. The van der Waals surface area contributed by atoms with Crippen molar-refractivity contribution in [2.45, 2.75) is 58.7 Å². The Kier molecular flexibility index (Phi) is 9.99. The van der Waals surface area contributed by atoms with E-state index in [0.717, 1.165) is 45.5 Å². The Balaban J connectivity index is 0.000000248. The normalized spacial score (nSPS) is 18.3. The van der Waals surface area contributed by atoms with E-state index in [4.69, 9.17) is 9.40 Å². The fourth-order valence-corrected chi connectivity index (χ4v) is 8.19. The minimum atomic E-state index is -1.57. The Morgan fingerprint density at radius 1 is 0.773 bits per heavy atom. The molecule has 0 aliphatic heterocycles. The summed E-state index contributed by atoms with van der Waals surface area (Å²) in [5.41, 5.74) is 7.29. The summed E-state index contributed by atoms with van der Waals surface area (Å²) in [6.07, 6.45) is 7.65. The Bertz CT molecular complexity index is 1780. The molecule has 0 bridgehead atoms. The van der Waals surface area contributed by atoms with Gasteiger partial charge in [-0.1, -0.05) is 86.4 Å². The number of aromatic nitrogens is 2. The van der Waals surface area contributed by atoms with E-state index in [1.54, 1.807) is 6.20 Å². The van der Waals surface area contributed by atoms with Gasteiger partial charge in [0.1, 0.15) is 5.58 Å². The molecule has 3 aromatic heterocycles. The monoisotopic (exact) mass is 773 g/mol. The second kappa shape index (κ2) is 13.7. The summed E-state index contributed by atoms with van der Waals surface area (Å²) < 4.78 is 6.44. The largest absolute Gasteiger partial charge is 0.501 e. The summed E-state index contributed by atoms with van der Waals surface area (Å²) in [7, 11) is -1.57. The summed E-state index contributed by atoms with van der Waals surface area (Å²) in [4.78, 5) is 8.99. The van der Waals surface area contributed by atoms with Crippen LogP contribution in [0.5, 0.6) is 0 Å². The number of rotatable bonds is 4. The van der Waals surface area contributed by atoms with Gasteiger partial charge in [0.15, 0.2) is 0 Å². The van der Waals surface area contributed by atoms with Crippen molar-refractivity contribution < 1.29 is 24.5 Å². The minimum Gasteiger partial charge on any atom is -0.501 e. The molecular formula is C39H40IrN2OSi-2. The fraction of sp³-hybridized carbons (Fsp3) is 0.282. The second-order valence-corrected chi connectivity index (χ2v) is 18.2. The zero-order valence-corrected chi connectivity index (χ0v) is 29.6. The average molecular weight is 773 g/mol. The van der Waals surface area contributed by atoms with Crippen LogP contribution in [-0.2, 0) is 20.1 Å². The molecule has 44 heavy (non-hydrogen) atoms. The third-order valence-electron chi connectivity index (χ3n) is 8.60. The van der Waals surface area contributed by atoms with Crippen molar-refractivity contribution in [1.82, 2.24) is 9.97 Å². The number of hydrogen-bond donors (Lipinski definition) is 0. The first-order valence-corrected chi connectivity index (χ1v) is 19.0. The second-order valence-electron chi connectivity index (χ2n) is 13.2. The molecule has 227 valence electrons. The molecule has 0 N–H and O–H groups in total. The molecule has 1 aliphatic rings. The van der Waals surface area contributed by atoms with Gasteiger partial charge in [-0.15, -0.1) is 53.2 Å². The molecule has 1 saturated carbocycles. The molecule has 2 unspecified atom stereocenters. The van der Waals surface area contributed by atoms with Gasteiger partial charge in [-0.05, 0) is 66.6 Å². The van der Waals surface area contributed by atoms with Gasteiger partial charge in [-0.3, -0.25) is 0 Å². The van der Waals surface area contributed by atoms with Crippen LogP contribution < -0.4 is 5.19 Å². The molecule has 0 spiro atoms. The summed E-state index contributed by atoms with van der Waals surface area (Å²) in [5, 5.41) is 3.87. The molecule has 3 heterocycles. The van der Waals surface area contributed by atoms with Crippen molar-refractivity contribution in [3.05, 3.63) is 115 Å². The quantitative estimate of drug-likeness (QED) is 0.132. The summed E-state index contributed by atoms with van der Waals surface area (Å²) >= 11 is 0. The van der Waals surface area contributed by atoms with Gasteiger partial charge in [0.05, 0.1) is 5.58 Å². The van der Waals surface area contributed by atoms with Crippen LogP contribution in [0.4, 0.5) is 0 Å². The molecule has 1 fully saturated rings. The number of furan rings is 1. The van der Waals surface area contributed by atoms with Crippen LogP contribution >= 0.6 is 0 Å². The molecule has 0 amide bonds. The molecule has 5 heteroatoms. The predicted octanol–water partition coefficient (Wildman–Crippen LogP) is 10.1. The number of fused-ring (bicyclic) bond motifs is 3. The van der Waals surface area contributed by atoms with Gasteiger partial charge in [0.25, 0.3) is 0 Å². The van der Waals surface area contributed by atoms with Crippen molar-refractivity contribution in [3.63, 3.8) is 0 Å². The van der Waals surface area contributed by atoms with Crippen LogP contribution in [0, 0.1) is 24.0 Å². The smallest absolute Gasteiger partial charge is 0.120 e. The zero-order valence-electron chi connectivity index (χ0n) is 26.2. The molecule has 6 aromatic rings. The van der Waals surface area contributed by atoms with Crippen molar-refractivity contribution in [1.29, 1.82) is 0 Å². The molecule has 1 radical (unpaired) electrons. The Morgan fingerprint density at radius 2 is 1.50 bits per heavy atom. The van der Waals surface area contributed by atoms with Gasteiger partial charge in [-0.2, -0.15) is 0 Å². The van der Waals surface area contributed by atoms with Gasteiger partial charge in [0.2, 0.25) is 0 Å². The van der Waals surface area contributed by atoms with Crippen molar-refractivity contribution in [2.24, 2.45) is 11.8 Å². The summed E-state index contributed by atoms with van der Waals surface area (Å²) in [6.45, 7) is 12.0. The first-order valence-electron chi connectivity index (χ1n) is 15.5. The third kappa shape index (κ3) is 6.96. The van der Waals surface area contributed by atoms with E-state index in [2.05, 4.69) is 87.0 Å². The van der Waals surface area contributed by atoms with Gasteiger partial charge >= 0.3 is 0 Å². The molecule has 1 aliphatic carbocycles. The average Bonchev–Trinajstić information content (AvgIpc) is 3.41. The van der Waals surface area contributed by atoms with Crippen molar-refractivity contribution in [3.8, 4) is 22.5 Å². The fourth-order valence-electron chi connectivity index (χ4n) is 6.68. The number of pyridine rings is 2. The summed E-state index contributed by atoms with van der Waals surface area (Å²) in [6, 6.07) is 35.5. The SMILES string of the molecule is CC1CC(C)CC(c2ccnc(-c3[c-]cc([Si](C)(C)C)c4c3oc3ccccc34)c2)C1.[Ir].[c-]1ccccc1-c1ccccn1. The molecule has 7 rings (SSSR count). The maximum Gasteiger partial charge on any atom is 0.120 e. The standard InChI is InChI=1S/C28H32NOSi.C11H8N.Ir/c1-18-14-19(2)16-21(15-18)20-12-13-29-24(17-20)22-10-11-26(31(3,4)5)27-23-8-6-7-9-25(23)30-28(22)27;1-2-6-10(7-3-1)11-8-4-5-9-12-11;/h6-9,11-13,17-19,21H,14-16H2,1-5H3;1-6,8-9H;/q2*-1;. The topological polar surface area (TPSA) is 38.9 Å². The van der Waals surface area contributed by atoms with Gasteiger partial charge in [0, 0.05) is 46.0 Å². The molecule has 2 atom stereocenters. The molecule has 3 aromatic carbocycles. The predicted molar refractivity (Wildman–Crippen MR) is 182 cm³/mol. The molecule has 3 nitrogen and oxygen atoms in total. The number of para-hydroxylation sites is 1. The van der Waals surface area contributed by atoms with E-state index < -0.39 is 8.07 Å². The maximum absolute atomic E-state index is 6.44. The van der Waals surface area contributed by atoms with E-state index >= 15 is 0 Å². The first-order chi connectivity index (χ1) is 20.8. The Morgan fingerprint density at radius 3 is 2.20 bits per heavy atom. The minimum absolute atomic E-state index is 0. The van der Waals surface area contributed by atoms with Crippen LogP contribution in [0.3, 0.4) is 0 Å². The number of nitrogens with zero attached hydrogens (tertiary/aromatic N) is 2. The van der Waals surface area contributed by atoms with Gasteiger partial charge < -0.3 is 14.4 Å². The Hall–Kier alpha value is -3.37.